The number of aryl methyl sites for hydroxylation is 1. The van der Waals surface area contributed by atoms with E-state index in [1.807, 2.05) is 25.1 Å². The molecule has 0 radical (unpaired) electrons. The summed E-state index contributed by atoms with van der Waals surface area (Å²) in [5, 5.41) is 3.17. The Hall–Kier alpha value is -0.620. The number of rotatable bonds is 3. The highest BCUT2D eigenvalue weighted by atomic mass is 127. The molecule has 1 aromatic rings. The van der Waals surface area contributed by atoms with Gasteiger partial charge in [-0.05, 0) is 66.3 Å². The van der Waals surface area contributed by atoms with Crippen LogP contribution in [0.3, 0.4) is 0 Å². The Labute approximate surface area is 127 Å². The zero-order valence-corrected chi connectivity index (χ0v) is 13.1. The number of carbonyl (C=O) groups is 1. The van der Waals surface area contributed by atoms with Crippen molar-refractivity contribution in [3.8, 4) is 0 Å². The standard InChI is InChI=1S/C15H18INO2/c1-9-3-2-4-11(13(9)16)15(18)17-12-7-8-19-14(12)10-5-6-10/h2-4,10,12,14H,5-8H2,1H3,(H,17,18). The fraction of sp³-hybridized carbons (Fsp3) is 0.533. The Bertz CT molecular complexity index is 499. The Morgan fingerprint density at radius 1 is 1.37 bits per heavy atom. The number of carbonyl (C=O) groups excluding carboxylic acids is 1. The van der Waals surface area contributed by atoms with E-state index in [0.717, 1.165) is 27.7 Å². The first kappa shape index (κ1) is 13.4. The second kappa shape index (κ2) is 5.40. The Morgan fingerprint density at radius 3 is 2.89 bits per heavy atom. The fourth-order valence-electron chi connectivity index (χ4n) is 2.72. The maximum atomic E-state index is 12.4. The van der Waals surface area contributed by atoms with Crippen LogP contribution in [0.2, 0.25) is 0 Å². The number of hydrogen-bond acceptors (Lipinski definition) is 2. The van der Waals surface area contributed by atoms with Gasteiger partial charge in [-0.2, -0.15) is 0 Å². The van der Waals surface area contributed by atoms with Crippen LogP contribution in [0.25, 0.3) is 0 Å². The zero-order valence-electron chi connectivity index (χ0n) is 11.0. The third-order valence-electron chi connectivity index (χ3n) is 3.98. The topological polar surface area (TPSA) is 38.3 Å². The Kier molecular flexibility index (Phi) is 3.80. The Morgan fingerprint density at radius 2 is 2.16 bits per heavy atom. The minimum atomic E-state index is 0.0363. The molecule has 1 amide bonds. The molecule has 1 saturated heterocycles. The molecule has 1 saturated carbocycles. The average Bonchev–Trinajstić information content (AvgIpc) is 3.13. The number of ether oxygens (including phenoxy) is 1. The number of hydrogen-bond donors (Lipinski definition) is 1. The molecule has 0 bridgehead atoms. The predicted molar refractivity (Wildman–Crippen MR) is 82.2 cm³/mol. The molecule has 2 fully saturated rings. The number of halogens is 1. The van der Waals surface area contributed by atoms with Crippen molar-refractivity contribution in [2.24, 2.45) is 5.92 Å². The van der Waals surface area contributed by atoms with E-state index in [2.05, 4.69) is 27.9 Å². The second-order valence-corrected chi connectivity index (χ2v) is 6.56. The van der Waals surface area contributed by atoms with Gasteiger partial charge in [0.05, 0.1) is 17.7 Å². The summed E-state index contributed by atoms with van der Waals surface area (Å²) in [6.45, 7) is 2.81. The van der Waals surface area contributed by atoms with Gasteiger partial charge >= 0.3 is 0 Å². The second-order valence-electron chi connectivity index (χ2n) is 5.48. The smallest absolute Gasteiger partial charge is 0.252 e. The maximum absolute atomic E-state index is 12.4. The van der Waals surface area contributed by atoms with Gasteiger partial charge in [-0.15, -0.1) is 0 Å². The average molecular weight is 371 g/mol. The lowest BCUT2D eigenvalue weighted by molar-refractivity contribution is 0.0729. The molecule has 0 spiro atoms. The fourth-order valence-corrected chi connectivity index (χ4v) is 3.33. The van der Waals surface area contributed by atoms with Crippen LogP contribution in [0.4, 0.5) is 0 Å². The van der Waals surface area contributed by atoms with E-state index in [9.17, 15) is 4.79 Å². The van der Waals surface area contributed by atoms with Crippen LogP contribution in [0, 0.1) is 16.4 Å². The first-order valence-electron chi connectivity index (χ1n) is 6.84. The SMILES string of the molecule is Cc1cccc(C(=O)NC2CCOC2C2CC2)c1I. The van der Waals surface area contributed by atoms with Crippen molar-refractivity contribution in [2.75, 3.05) is 6.61 Å². The van der Waals surface area contributed by atoms with Crippen LogP contribution in [0.15, 0.2) is 18.2 Å². The van der Waals surface area contributed by atoms with Crippen LogP contribution in [-0.2, 0) is 4.74 Å². The van der Waals surface area contributed by atoms with Crippen LogP contribution >= 0.6 is 22.6 Å². The van der Waals surface area contributed by atoms with Crippen molar-refractivity contribution in [1.29, 1.82) is 0 Å². The van der Waals surface area contributed by atoms with E-state index >= 15 is 0 Å². The van der Waals surface area contributed by atoms with Crippen LogP contribution < -0.4 is 5.32 Å². The van der Waals surface area contributed by atoms with Crippen molar-refractivity contribution in [1.82, 2.24) is 5.32 Å². The number of benzene rings is 1. The molecule has 3 nitrogen and oxygen atoms in total. The maximum Gasteiger partial charge on any atom is 0.252 e. The van der Waals surface area contributed by atoms with E-state index in [4.69, 9.17) is 4.74 Å². The minimum absolute atomic E-state index is 0.0363. The summed E-state index contributed by atoms with van der Waals surface area (Å²) in [7, 11) is 0. The van der Waals surface area contributed by atoms with Crippen molar-refractivity contribution in [2.45, 2.75) is 38.3 Å². The molecule has 1 N–H and O–H groups in total. The summed E-state index contributed by atoms with van der Waals surface area (Å²) < 4.78 is 6.80. The van der Waals surface area contributed by atoms with Crippen LogP contribution in [0.5, 0.6) is 0 Å². The van der Waals surface area contributed by atoms with E-state index in [-0.39, 0.29) is 18.1 Å². The Balaban J connectivity index is 1.72. The molecule has 19 heavy (non-hydrogen) atoms. The molecule has 0 aromatic heterocycles. The summed E-state index contributed by atoms with van der Waals surface area (Å²) in [5.74, 6) is 0.707. The molecule has 1 aromatic carbocycles. The zero-order chi connectivity index (χ0) is 13.4. The van der Waals surface area contributed by atoms with Crippen LogP contribution in [0.1, 0.15) is 35.2 Å². The molecule has 2 aliphatic rings. The first-order valence-corrected chi connectivity index (χ1v) is 7.92. The van der Waals surface area contributed by atoms with Crippen molar-refractivity contribution in [3.05, 3.63) is 32.9 Å². The lowest BCUT2D eigenvalue weighted by atomic mass is 10.1. The van der Waals surface area contributed by atoms with Gasteiger partial charge in [0, 0.05) is 10.2 Å². The summed E-state index contributed by atoms with van der Waals surface area (Å²) in [4.78, 5) is 12.4. The third-order valence-corrected chi connectivity index (χ3v) is 5.41. The normalized spacial score (nSPS) is 26.4. The third kappa shape index (κ3) is 2.79. The van der Waals surface area contributed by atoms with Gasteiger partial charge in [-0.1, -0.05) is 12.1 Å². The van der Waals surface area contributed by atoms with Crippen molar-refractivity contribution < 1.29 is 9.53 Å². The molecule has 1 aliphatic heterocycles. The summed E-state index contributed by atoms with van der Waals surface area (Å²) in [6, 6.07) is 6.06. The molecule has 1 heterocycles. The number of nitrogens with one attached hydrogen (secondary N) is 1. The molecule has 4 heteroatoms. The van der Waals surface area contributed by atoms with E-state index in [1.54, 1.807) is 0 Å². The molecule has 2 unspecified atom stereocenters. The highest BCUT2D eigenvalue weighted by molar-refractivity contribution is 14.1. The molecule has 102 valence electrons. The number of amides is 1. The highest BCUT2D eigenvalue weighted by Crippen LogP contribution is 2.38. The lowest BCUT2D eigenvalue weighted by Crippen LogP contribution is -2.41. The van der Waals surface area contributed by atoms with Gasteiger partial charge in [0.15, 0.2) is 0 Å². The quantitative estimate of drug-likeness (QED) is 0.830. The first-order chi connectivity index (χ1) is 9.16. The van der Waals surface area contributed by atoms with Gasteiger partial charge in [-0.3, -0.25) is 4.79 Å². The predicted octanol–water partition coefficient (Wildman–Crippen LogP) is 2.90. The van der Waals surface area contributed by atoms with Gasteiger partial charge in [0.1, 0.15) is 0 Å². The summed E-state index contributed by atoms with van der Waals surface area (Å²) in [5.41, 5.74) is 1.93. The van der Waals surface area contributed by atoms with E-state index < -0.39 is 0 Å². The van der Waals surface area contributed by atoms with E-state index in [1.165, 1.54) is 12.8 Å². The summed E-state index contributed by atoms with van der Waals surface area (Å²) >= 11 is 2.25. The summed E-state index contributed by atoms with van der Waals surface area (Å²) in [6.07, 6.45) is 3.68. The molecule has 1 aliphatic carbocycles. The highest BCUT2D eigenvalue weighted by Gasteiger charge is 2.41. The van der Waals surface area contributed by atoms with E-state index in [0.29, 0.717) is 5.92 Å². The minimum Gasteiger partial charge on any atom is -0.376 e. The lowest BCUT2D eigenvalue weighted by Gasteiger charge is -2.20. The molecular weight excluding hydrogens is 353 g/mol. The van der Waals surface area contributed by atoms with Gasteiger partial charge in [0.25, 0.3) is 5.91 Å². The van der Waals surface area contributed by atoms with Gasteiger partial charge in [-0.25, -0.2) is 0 Å². The van der Waals surface area contributed by atoms with Crippen LogP contribution in [-0.4, -0.2) is 24.7 Å². The molecular formula is C15H18INO2. The van der Waals surface area contributed by atoms with Crippen molar-refractivity contribution in [3.63, 3.8) is 0 Å². The molecule has 2 atom stereocenters. The van der Waals surface area contributed by atoms with Gasteiger partial charge < -0.3 is 10.1 Å². The van der Waals surface area contributed by atoms with Crippen molar-refractivity contribution >= 4 is 28.5 Å². The largest absolute Gasteiger partial charge is 0.376 e. The molecule has 3 rings (SSSR count). The van der Waals surface area contributed by atoms with Gasteiger partial charge in [0.2, 0.25) is 0 Å². The monoisotopic (exact) mass is 371 g/mol.